The first-order valence-corrected chi connectivity index (χ1v) is 6.99. The maximum absolute atomic E-state index is 12.3. The highest BCUT2D eigenvalue weighted by molar-refractivity contribution is 5.99. The fraction of sp³-hybridized carbons (Fsp3) is 0.857. The Morgan fingerprint density at radius 3 is 2.50 bits per heavy atom. The average Bonchev–Trinajstić information content (AvgIpc) is 2.32. The van der Waals surface area contributed by atoms with Crippen molar-refractivity contribution >= 4 is 11.8 Å². The molecule has 1 fully saturated rings. The van der Waals surface area contributed by atoms with E-state index in [0.29, 0.717) is 18.9 Å². The monoisotopic (exact) mass is 254 g/mol. The van der Waals surface area contributed by atoms with Crippen LogP contribution >= 0.6 is 0 Å². The van der Waals surface area contributed by atoms with Crippen LogP contribution in [0, 0.1) is 5.92 Å². The molecule has 0 bridgehead atoms. The molecule has 1 rings (SSSR count). The molecule has 4 nitrogen and oxygen atoms in total. The van der Waals surface area contributed by atoms with Crippen LogP contribution in [-0.2, 0) is 9.59 Å². The third kappa shape index (κ3) is 2.68. The number of carbonyl (C=O) groups excluding carboxylic acids is 2. The van der Waals surface area contributed by atoms with E-state index in [1.807, 2.05) is 13.8 Å². The van der Waals surface area contributed by atoms with Gasteiger partial charge >= 0.3 is 0 Å². The van der Waals surface area contributed by atoms with Crippen LogP contribution in [-0.4, -0.2) is 34.8 Å². The second kappa shape index (κ2) is 5.72. The van der Waals surface area contributed by atoms with Crippen molar-refractivity contribution in [1.29, 1.82) is 0 Å². The average molecular weight is 254 g/mol. The first-order chi connectivity index (χ1) is 8.36. The number of nitrogens with zero attached hydrogens (tertiary/aromatic N) is 1. The minimum Gasteiger partial charge on any atom is -0.343 e. The Kier molecular flexibility index (Phi) is 4.77. The second-order valence-electron chi connectivity index (χ2n) is 5.67. The maximum Gasteiger partial charge on any atom is 0.246 e. The van der Waals surface area contributed by atoms with Gasteiger partial charge in [0.05, 0.1) is 0 Å². The number of piperazine rings is 1. The first kappa shape index (κ1) is 15.0. The summed E-state index contributed by atoms with van der Waals surface area (Å²) in [6, 6.07) is -0.397. The Morgan fingerprint density at radius 2 is 2.00 bits per heavy atom. The van der Waals surface area contributed by atoms with Gasteiger partial charge in [0.2, 0.25) is 11.8 Å². The molecule has 1 heterocycles. The summed E-state index contributed by atoms with van der Waals surface area (Å²) in [7, 11) is 0. The molecule has 0 radical (unpaired) electrons. The van der Waals surface area contributed by atoms with Gasteiger partial charge in [-0.1, -0.05) is 27.2 Å². The Balaban J connectivity index is 2.92. The minimum absolute atomic E-state index is 0.0270. The van der Waals surface area contributed by atoms with Crippen molar-refractivity contribution in [1.82, 2.24) is 10.2 Å². The highest BCUT2D eigenvalue weighted by atomic mass is 16.2. The molecule has 2 amide bonds. The van der Waals surface area contributed by atoms with E-state index in [4.69, 9.17) is 0 Å². The van der Waals surface area contributed by atoms with Gasteiger partial charge in [-0.3, -0.25) is 9.59 Å². The Morgan fingerprint density at radius 1 is 1.39 bits per heavy atom. The minimum atomic E-state index is -0.689. The topological polar surface area (TPSA) is 49.4 Å². The molecule has 3 unspecified atom stereocenters. The van der Waals surface area contributed by atoms with Crippen LogP contribution in [0.3, 0.4) is 0 Å². The van der Waals surface area contributed by atoms with E-state index in [0.717, 1.165) is 12.8 Å². The van der Waals surface area contributed by atoms with Crippen LogP contribution in [0.1, 0.15) is 53.9 Å². The molecular weight excluding hydrogens is 228 g/mol. The molecule has 0 saturated carbocycles. The number of hydrogen-bond acceptors (Lipinski definition) is 2. The summed E-state index contributed by atoms with van der Waals surface area (Å²) in [5, 5.41) is 2.78. The molecule has 0 aliphatic carbocycles. The van der Waals surface area contributed by atoms with Gasteiger partial charge in [-0.15, -0.1) is 0 Å². The van der Waals surface area contributed by atoms with Gasteiger partial charge in [-0.05, 0) is 32.6 Å². The molecule has 3 atom stereocenters. The van der Waals surface area contributed by atoms with Gasteiger partial charge in [0.1, 0.15) is 11.6 Å². The molecular formula is C14H26N2O2. The summed E-state index contributed by atoms with van der Waals surface area (Å²) in [4.78, 5) is 26.2. The van der Waals surface area contributed by atoms with Gasteiger partial charge < -0.3 is 10.2 Å². The van der Waals surface area contributed by atoms with Crippen molar-refractivity contribution in [2.75, 3.05) is 6.54 Å². The van der Waals surface area contributed by atoms with E-state index in [9.17, 15) is 9.59 Å². The SMILES string of the molecule is CCCC(C)CN1C(=O)C(C)NC(=O)C1(C)CC. The van der Waals surface area contributed by atoms with Crippen molar-refractivity contribution in [2.24, 2.45) is 5.92 Å². The lowest BCUT2D eigenvalue weighted by molar-refractivity contribution is -0.157. The van der Waals surface area contributed by atoms with Crippen LogP contribution in [0.15, 0.2) is 0 Å². The lowest BCUT2D eigenvalue weighted by Crippen LogP contribution is -2.69. The zero-order chi connectivity index (χ0) is 13.9. The smallest absolute Gasteiger partial charge is 0.246 e. The zero-order valence-electron chi connectivity index (χ0n) is 12.2. The van der Waals surface area contributed by atoms with Crippen LogP contribution < -0.4 is 5.32 Å². The fourth-order valence-electron chi connectivity index (χ4n) is 2.55. The van der Waals surface area contributed by atoms with Crippen molar-refractivity contribution in [3.05, 3.63) is 0 Å². The summed E-state index contributed by atoms with van der Waals surface area (Å²) < 4.78 is 0. The van der Waals surface area contributed by atoms with E-state index in [-0.39, 0.29) is 11.8 Å². The molecule has 4 heteroatoms. The third-order valence-electron chi connectivity index (χ3n) is 4.03. The van der Waals surface area contributed by atoms with Gasteiger partial charge in [-0.25, -0.2) is 0 Å². The van der Waals surface area contributed by atoms with E-state index < -0.39 is 11.6 Å². The van der Waals surface area contributed by atoms with Crippen molar-refractivity contribution in [2.45, 2.75) is 65.5 Å². The van der Waals surface area contributed by atoms with E-state index in [1.54, 1.807) is 11.8 Å². The molecule has 1 aliphatic rings. The number of amides is 2. The predicted molar refractivity (Wildman–Crippen MR) is 72.1 cm³/mol. The molecule has 0 aromatic carbocycles. The normalized spacial score (nSPS) is 30.3. The third-order valence-corrected chi connectivity index (χ3v) is 4.03. The highest BCUT2D eigenvalue weighted by Gasteiger charge is 2.46. The molecule has 1 N–H and O–H groups in total. The summed E-state index contributed by atoms with van der Waals surface area (Å²) >= 11 is 0. The Labute approximate surface area is 110 Å². The van der Waals surface area contributed by atoms with E-state index in [1.165, 1.54) is 0 Å². The fourth-order valence-corrected chi connectivity index (χ4v) is 2.55. The maximum atomic E-state index is 12.3. The highest BCUT2D eigenvalue weighted by Crippen LogP contribution is 2.26. The molecule has 0 spiro atoms. The number of rotatable bonds is 5. The summed E-state index contributed by atoms with van der Waals surface area (Å²) in [6.07, 6.45) is 2.84. The lowest BCUT2D eigenvalue weighted by Gasteiger charge is -2.46. The van der Waals surface area contributed by atoms with Crippen LogP contribution in [0.4, 0.5) is 0 Å². The summed E-state index contributed by atoms with van der Waals surface area (Å²) in [5.74, 6) is 0.450. The lowest BCUT2D eigenvalue weighted by atomic mass is 9.89. The molecule has 1 saturated heterocycles. The quantitative estimate of drug-likeness (QED) is 0.815. The second-order valence-corrected chi connectivity index (χ2v) is 5.67. The molecule has 0 aromatic rings. The van der Waals surface area contributed by atoms with Crippen LogP contribution in [0.25, 0.3) is 0 Å². The molecule has 0 aromatic heterocycles. The summed E-state index contributed by atoms with van der Waals surface area (Å²) in [5.41, 5.74) is -0.689. The van der Waals surface area contributed by atoms with Crippen molar-refractivity contribution in [3.8, 4) is 0 Å². The van der Waals surface area contributed by atoms with Gasteiger partial charge in [0.15, 0.2) is 0 Å². The first-order valence-electron chi connectivity index (χ1n) is 6.99. The van der Waals surface area contributed by atoms with E-state index >= 15 is 0 Å². The van der Waals surface area contributed by atoms with Crippen molar-refractivity contribution < 1.29 is 9.59 Å². The Bertz CT molecular complexity index is 330. The number of nitrogens with one attached hydrogen (secondary N) is 1. The molecule has 104 valence electrons. The van der Waals surface area contributed by atoms with E-state index in [2.05, 4.69) is 19.2 Å². The van der Waals surface area contributed by atoms with Crippen molar-refractivity contribution in [3.63, 3.8) is 0 Å². The van der Waals surface area contributed by atoms with Gasteiger partial charge in [0.25, 0.3) is 0 Å². The number of hydrogen-bond donors (Lipinski definition) is 1. The summed E-state index contributed by atoms with van der Waals surface area (Å²) in [6.45, 7) is 10.5. The Hall–Kier alpha value is -1.06. The van der Waals surface area contributed by atoms with Gasteiger partial charge in [0, 0.05) is 6.54 Å². The van der Waals surface area contributed by atoms with Crippen LogP contribution in [0.5, 0.6) is 0 Å². The predicted octanol–water partition coefficient (Wildman–Crippen LogP) is 1.94. The standard InChI is InChI=1S/C14H26N2O2/c1-6-8-10(3)9-16-12(17)11(4)15-13(18)14(16,5)7-2/h10-11H,6-9H2,1-5H3,(H,15,18). The molecule has 18 heavy (non-hydrogen) atoms. The van der Waals surface area contributed by atoms with Crippen LogP contribution in [0.2, 0.25) is 0 Å². The van der Waals surface area contributed by atoms with Gasteiger partial charge in [-0.2, -0.15) is 0 Å². The zero-order valence-corrected chi connectivity index (χ0v) is 12.2. The molecule has 1 aliphatic heterocycles. The number of carbonyl (C=O) groups is 2. The largest absolute Gasteiger partial charge is 0.343 e.